The van der Waals surface area contributed by atoms with Crippen LogP contribution in [0.15, 0.2) is 36.5 Å². The number of hydrogen-bond acceptors (Lipinski definition) is 4. The number of nitrogens with one attached hydrogen (secondary N) is 1. The zero-order valence-corrected chi connectivity index (χ0v) is 13.5. The highest BCUT2D eigenvalue weighted by atomic mass is 16.3. The molecule has 4 nitrogen and oxygen atoms in total. The third-order valence-corrected chi connectivity index (χ3v) is 5.36. The van der Waals surface area contributed by atoms with E-state index in [1.165, 1.54) is 30.2 Å². The Morgan fingerprint density at radius 3 is 3.00 bits per heavy atom. The van der Waals surface area contributed by atoms with Crippen LogP contribution in [0.2, 0.25) is 0 Å². The number of hydrogen-bond donors (Lipinski definition) is 2. The highest BCUT2D eigenvalue weighted by Gasteiger charge is 2.35. The zero-order valence-electron chi connectivity index (χ0n) is 13.5. The molecule has 0 spiro atoms. The van der Waals surface area contributed by atoms with Crippen LogP contribution in [-0.4, -0.2) is 46.3 Å². The molecule has 2 N–H and O–H groups in total. The number of aliphatic hydroxyl groups is 1. The van der Waals surface area contributed by atoms with Crippen molar-refractivity contribution in [3.8, 4) is 0 Å². The Kier molecular flexibility index (Phi) is 4.29. The van der Waals surface area contributed by atoms with E-state index in [0.29, 0.717) is 12.1 Å². The number of β-amino-alcohol motifs (C(OH)–C–C–N with tert-alkyl or cyclic N) is 1. The van der Waals surface area contributed by atoms with Gasteiger partial charge >= 0.3 is 0 Å². The molecule has 1 aromatic carbocycles. The van der Waals surface area contributed by atoms with Gasteiger partial charge in [-0.05, 0) is 37.0 Å². The van der Waals surface area contributed by atoms with Gasteiger partial charge in [-0.1, -0.05) is 24.6 Å². The van der Waals surface area contributed by atoms with Crippen LogP contribution in [0.4, 0.5) is 0 Å². The summed E-state index contributed by atoms with van der Waals surface area (Å²) in [5.74, 6) is 0. The largest absolute Gasteiger partial charge is 0.392 e. The number of fused-ring (bicyclic) bond motifs is 1. The van der Waals surface area contributed by atoms with Crippen LogP contribution < -0.4 is 5.32 Å². The van der Waals surface area contributed by atoms with Gasteiger partial charge < -0.3 is 10.4 Å². The summed E-state index contributed by atoms with van der Waals surface area (Å²) in [4.78, 5) is 7.03. The van der Waals surface area contributed by atoms with Crippen molar-refractivity contribution in [1.29, 1.82) is 0 Å². The molecule has 23 heavy (non-hydrogen) atoms. The number of aliphatic hydroxyl groups excluding tert-OH is 1. The summed E-state index contributed by atoms with van der Waals surface area (Å²) in [5, 5.41) is 14.7. The van der Waals surface area contributed by atoms with Crippen molar-refractivity contribution in [3.63, 3.8) is 0 Å². The van der Waals surface area contributed by atoms with Crippen LogP contribution in [0.5, 0.6) is 0 Å². The quantitative estimate of drug-likeness (QED) is 0.910. The minimum Gasteiger partial charge on any atom is -0.392 e. The Bertz CT molecular complexity index is 674. The Balaban J connectivity index is 1.40. The van der Waals surface area contributed by atoms with Gasteiger partial charge in [0.05, 0.1) is 11.6 Å². The summed E-state index contributed by atoms with van der Waals surface area (Å²) in [5.41, 5.74) is 2.30. The van der Waals surface area contributed by atoms with Crippen LogP contribution in [0.3, 0.4) is 0 Å². The topological polar surface area (TPSA) is 48.4 Å². The SMILES string of the molecule is OC1CCN([C@H]2CCC[C@H]2NCc2cnc3ccccc3c2)C1. The minimum absolute atomic E-state index is 0.124. The molecule has 1 aliphatic carbocycles. The van der Waals surface area contributed by atoms with Crippen molar-refractivity contribution in [2.24, 2.45) is 0 Å². The summed E-state index contributed by atoms with van der Waals surface area (Å²) in [6.45, 7) is 2.76. The maximum Gasteiger partial charge on any atom is 0.0702 e. The average Bonchev–Trinajstić information content (AvgIpc) is 3.21. The van der Waals surface area contributed by atoms with Gasteiger partial charge in [-0.25, -0.2) is 0 Å². The molecule has 1 saturated heterocycles. The number of para-hydroxylation sites is 1. The molecule has 3 atom stereocenters. The first-order valence-electron chi connectivity index (χ1n) is 8.79. The Labute approximate surface area is 137 Å². The molecule has 1 aromatic heterocycles. The molecule has 1 unspecified atom stereocenters. The second kappa shape index (κ2) is 6.56. The van der Waals surface area contributed by atoms with E-state index in [4.69, 9.17) is 0 Å². The number of aromatic nitrogens is 1. The molecule has 2 aromatic rings. The fourth-order valence-electron chi connectivity index (χ4n) is 4.15. The van der Waals surface area contributed by atoms with E-state index in [1.807, 2.05) is 12.3 Å². The van der Waals surface area contributed by atoms with Crippen molar-refractivity contribution < 1.29 is 5.11 Å². The van der Waals surface area contributed by atoms with Crippen LogP contribution in [0, 0.1) is 0 Å². The number of nitrogens with zero attached hydrogens (tertiary/aromatic N) is 2. The first kappa shape index (κ1) is 15.1. The van der Waals surface area contributed by atoms with Gasteiger partial charge in [0.25, 0.3) is 0 Å². The first-order valence-corrected chi connectivity index (χ1v) is 8.79. The van der Waals surface area contributed by atoms with Crippen LogP contribution in [-0.2, 0) is 6.54 Å². The molecule has 2 heterocycles. The van der Waals surface area contributed by atoms with E-state index in [2.05, 4.69) is 39.5 Å². The number of likely N-dealkylation sites (tertiary alicyclic amines) is 1. The predicted octanol–water partition coefficient (Wildman–Crippen LogP) is 2.31. The standard InChI is InChI=1S/C19H25N3O/c23-16-8-9-22(13-16)19-7-3-6-18(19)21-12-14-10-15-4-1-2-5-17(15)20-11-14/h1-2,4-5,10-11,16,18-19,21,23H,3,6-9,12-13H2/t16?,18-,19+/m1/s1. The maximum atomic E-state index is 9.78. The van der Waals surface area contributed by atoms with Crippen molar-refractivity contribution >= 4 is 10.9 Å². The van der Waals surface area contributed by atoms with Crippen molar-refractivity contribution in [2.45, 2.75) is 50.4 Å². The number of rotatable bonds is 4. The van der Waals surface area contributed by atoms with Crippen LogP contribution in [0.25, 0.3) is 10.9 Å². The lowest BCUT2D eigenvalue weighted by Crippen LogP contribution is -2.46. The second-order valence-corrected chi connectivity index (χ2v) is 6.96. The zero-order chi connectivity index (χ0) is 15.6. The molecule has 1 saturated carbocycles. The summed E-state index contributed by atoms with van der Waals surface area (Å²) < 4.78 is 0. The molecular weight excluding hydrogens is 286 g/mol. The third kappa shape index (κ3) is 3.25. The van der Waals surface area contributed by atoms with Crippen molar-refractivity contribution in [2.75, 3.05) is 13.1 Å². The van der Waals surface area contributed by atoms with E-state index < -0.39 is 0 Å². The van der Waals surface area contributed by atoms with E-state index in [1.54, 1.807) is 0 Å². The molecule has 0 bridgehead atoms. The number of benzene rings is 1. The van der Waals surface area contributed by atoms with Gasteiger partial charge in [-0.2, -0.15) is 0 Å². The monoisotopic (exact) mass is 311 g/mol. The third-order valence-electron chi connectivity index (χ3n) is 5.36. The van der Waals surface area contributed by atoms with Crippen LogP contribution >= 0.6 is 0 Å². The van der Waals surface area contributed by atoms with E-state index in [0.717, 1.165) is 31.6 Å². The number of pyridine rings is 1. The molecule has 4 rings (SSSR count). The lowest BCUT2D eigenvalue weighted by molar-refractivity contribution is 0.150. The summed E-state index contributed by atoms with van der Waals surface area (Å²) in [6, 6.07) is 11.6. The fourth-order valence-corrected chi connectivity index (χ4v) is 4.15. The first-order chi connectivity index (χ1) is 11.3. The van der Waals surface area contributed by atoms with E-state index in [-0.39, 0.29) is 6.10 Å². The van der Waals surface area contributed by atoms with Gasteiger partial charge in [0.2, 0.25) is 0 Å². The van der Waals surface area contributed by atoms with E-state index >= 15 is 0 Å². The molecular formula is C19H25N3O. The second-order valence-electron chi connectivity index (χ2n) is 6.96. The summed E-state index contributed by atoms with van der Waals surface area (Å²) >= 11 is 0. The van der Waals surface area contributed by atoms with Gasteiger partial charge in [0.15, 0.2) is 0 Å². The highest BCUT2D eigenvalue weighted by Crippen LogP contribution is 2.27. The molecule has 122 valence electrons. The smallest absolute Gasteiger partial charge is 0.0702 e. The predicted molar refractivity (Wildman–Crippen MR) is 92.2 cm³/mol. The van der Waals surface area contributed by atoms with Crippen molar-refractivity contribution in [3.05, 3.63) is 42.1 Å². The average molecular weight is 311 g/mol. The van der Waals surface area contributed by atoms with Gasteiger partial charge in [0.1, 0.15) is 0 Å². The summed E-state index contributed by atoms with van der Waals surface area (Å²) in [7, 11) is 0. The maximum absolute atomic E-state index is 9.78. The molecule has 1 aliphatic heterocycles. The lowest BCUT2D eigenvalue weighted by atomic mass is 10.1. The molecule has 0 radical (unpaired) electrons. The van der Waals surface area contributed by atoms with Gasteiger partial charge in [-0.15, -0.1) is 0 Å². The minimum atomic E-state index is -0.124. The molecule has 4 heteroatoms. The van der Waals surface area contributed by atoms with Crippen LogP contribution in [0.1, 0.15) is 31.2 Å². The normalized spacial score (nSPS) is 28.7. The van der Waals surface area contributed by atoms with E-state index in [9.17, 15) is 5.11 Å². The van der Waals surface area contributed by atoms with Crippen molar-refractivity contribution in [1.82, 2.24) is 15.2 Å². The lowest BCUT2D eigenvalue weighted by Gasteiger charge is -2.30. The Morgan fingerprint density at radius 1 is 1.22 bits per heavy atom. The molecule has 2 aliphatic rings. The van der Waals surface area contributed by atoms with Gasteiger partial charge in [0, 0.05) is 43.3 Å². The fraction of sp³-hybridized carbons (Fsp3) is 0.526. The highest BCUT2D eigenvalue weighted by molar-refractivity contribution is 5.78. The van der Waals surface area contributed by atoms with Gasteiger partial charge in [-0.3, -0.25) is 9.88 Å². The Morgan fingerprint density at radius 2 is 2.13 bits per heavy atom. The molecule has 2 fully saturated rings. The summed E-state index contributed by atoms with van der Waals surface area (Å²) in [6.07, 6.45) is 6.56. The Hall–Kier alpha value is -1.49. The molecule has 0 amide bonds.